The Morgan fingerprint density at radius 3 is 1.88 bits per heavy atom. The van der Waals surface area contributed by atoms with Crippen molar-refractivity contribution in [3.8, 4) is 0 Å². The fourth-order valence-corrected chi connectivity index (χ4v) is 4.97. The van der Waals surface area contributed by atoms with Gasteiger partial charge in [-0.25, -0.2) is 0 Å². The maximum atomic E-state index is 13.2. The van der Waals surface area contributed by atoms with E-state index in [4.69, 9.17) is 0 Å². The minimum absolute atomic E-state index is 0.0116. The average Bonchev–Trinajstić information content (AvgIpc) is 2.80. The lowest BCUT2D eigenvalue weighted by molar-refractivity contribution is -0.143. The van der Waals surface area contributed by atoms with E-state index in [1.54, 1.807) is 0 Å². The lowest BCUT2D eigenvalue weighted by Gasteiger charge is -2.42. The summed E-state index contributed by atoms with van der Waals surface area (Å²) in [6.07, 6.45) is -3.11. The van der Waals surface area contributed by atoms with E-state index < -0.39 is 40.0 Å². The van der Waals surface area contributed by atoms with E-state index in [0.717, 1.165) is 58.0 Å². The molecular weight excluding hydrogens is 464 g/mol. The highest BCUT2D eigenvalue weighted by Gasteiger charge is 2.38. The Morgan fingerprint density at radius 1 is 0.735 bits per heavy atom. The van der Waals surface area contributed by atoms with Crippen molar-refractivity contribution < 1.29 is 26.3 Å². The molecule has 1 aliphatic heterocycles. The maximum absolute atomic E-state index is 13.2. The van der Waals surface area contributed by atoms with Crippen molar-refractivity contribution in [3.63, 3.8) is 0 Å². The molecule has 1 aliphatic carbocycles. The molecular formula is C23H25F6N3O2. The normalized spacial score (nSPS) is 22.6. The molecule has 1 heterocycles. The molecule has 1 saturated heterocycles. The van der Waals surface area contributed by atoms with Crippen molar-refractivity contribution in [2.24, 2.45) is 0 Å². The smallest absolute Gasteiger partial charge is 0.376 e. The van der Waals surface area contributed by atoms with Crippen LogP contribution in [0.2, 0.25) is 0 Å². The third kappa shape index (κ3) is 5.08. The molecule has 1 saturated carbocycles. The Bertz CT molecular complexity index is 1070. The molecule has 0 unspecified atom stereocenters. The zero-order valence-electron chi connectivity index (χ0n) is 18.3. The van der Waals surface area contributed by atoms with Crippen molar-refractivity contribution in [3.05, 3.63) is 49.8 Å². The minimum Gasteiger partial charge on any atom is -0.376 e. The van der Waals surface area contributed by atoms with E-state index in [-0.39, 0.29) is 29.5 Å². The molecule has 34 heavy (non-hydrogen) atoms. The molecule has 2 atom stereocenters. The van der Waals surface area contributed by atoms with Gasteiger partial charge in [0.2, 0.25) is 0 Å². The number of benzene rings is 1. The van der Waals surface area contributed by atoms with Crippen LogP contribution in [0, 0.1) is 0 Å². The second-order valence-electron chi connectivity index (χ2n) is 9.03. The van der Waals surface area contributed by atoms with Gasteiger partial charge >= 0.3 is 12.4 Å². The van der Waals surface area contributed by atoms with E-state index >= 15 is 0 Å². The summed E-state index contributed by atoms with van der Waals surface area (Å²) in [6, 6.07) is 1.01. The van der Waals surface area contributed by atoms with Gasteiger partial charge in [0.25, 0.3) is 10.9 Å². The number of anilines is 3. The van der Waals surface area contributed by atoms with Crippen LogP contribution in [0.25, 0.3) is 0 Å². The third-order valence-corrected chi connectivity index (χ3v) is 6.69. The third-order valence-electron chi connectivity index (χ3n) is 6.69. The predicted molar refractivity (Wildman–Crippen MR) is 116 cm³/mol. The SMILES string of the molecule is O=c1c(Nc2cc(C(F)(F)F)cc(C(F)(F)F)c2)c(N[C@@H]2CCCC[C@@H]2N2CCCCC2)c1=O. The molecule has 4 rings (SSSR count). The number of halogens is 6. The molecule has 0 spiro atoms. The largest absolute Gasteiger partial charge is 0.416 e. The van der Waals surface area contributed by atoms with Crippen molar-refractivity contribution in [2.45, 2.75) is 69.4 Å². The maximum Gasteiger partial charge on any atom is 0.416 e. The molecule has 2 fully saturated rings. The fraction of sp³-hybridized carbons (Fsp3) is 0.565. The van der Waals surface area contributed by atoms with E-state index in [0.29, 0.717) is 12.1 Å². The predicted octanol–water partition coefficient (Wildman–Crippen LogP) is 5.27. The van der Waals surface area contributed by atoms with Crippen LogP contribution in [0.5, 0.6) is 0 Å². The Labute approximate surface area is 191 Å². The van der Waals surface area contributed by atoms with Gasteiger partial charge in [0.15, 0.2) is 0 Å². The first-order chi connectivity index (χ1) is 15.9. The first-order valence-electron chi connectivity index (χ1n) is 11.4. The van der Waals surface area contributed by atoms with Crippen LogP contribution in [0.4, 0.5) is 43.4 Å². The quantitative estimate of drug-likeness (QED) is 0.443. The lowest BCUT2D eigenvalue weighted by atomic mass is 9.87. The van der Waals surface area contributed by atoms with Crippen LogP contribution in [-0.2, 0) is 12.4 Å². The molecule has 186 valence electrons. The number of piperidine rings is 1. The van der Waals surface area contributed by atoms with Crippen molar-refractivity contribution in [2.75, 3.05) is 23.7 Å². The molecule has 0 amide bonds. The van der Waals surface area contributed by atoms with Gasteiger partial charge in [0, 0.05) is 17.8 Å². The monoisotopic (exact) mass is 489 g/mol. The number of alkyl halides is 6. The molecule has 5 nitrogen and oxygen atoms in total. The van der Waals surface area contributed by atoms with Crippen LogP contribution in [0.3, 0.4) is 0 Å². The first kappa shape index (κ1) is 24.6. The Hall–Kier alpha value is -2.56. The van der Waals surface area contributed by atoms with E-state index in [2.05, 4.69) is 15.5 Å². The molecule has 2 N–H and O–H groups in total. The van der Waals surface area contributed by atoms with Crippen molar-refractivity contribution >= 4 is 17.1 Å². The summed E-state index contributed by atoms with van der Waals surface area (Å²) in [5.74, 6) is 0. The van der Waals surface area contributed by atoms with E-state index in [9.17, 15) is 35.9 Å². The first-order valence-corrected chi connectivity index (χ1v) is 11.4. The molecule has 0 bridgehead atoms. The second-order valence-corrected chi connectivity index (χ2v) is 9.03. The molecule has 2 aliphatic rings. The van der Waals surface area contributed by atoms with Crippen LogP contribution >= 0.6 is 0 Å². The van der Waals surface area contributed by atoms with Gasteiger partial charge < -0.3 is 10.6 Å². The van der Waals surface area contributed by atoms with Crippen molar-refractivity contribution in [1.29, 1.82) is 0 Å². The highest BCUT2D eigenvalue weighted by molar-refractivity contribution is 5.79. The van der Waals surface area contributed by atoms with Gasteiger partial charge in [-0.2, -0.15) is 26.3 Å². The fourth-order valence-electron chi connectivity index (χ4n) is 4.97. The minimum atomic E-state index is -5.02. The Kier molecular flexibility index (Phi) is 6.67. The lowest BCUT2D eigenvalue weighted by Crippen LogP contribution is -2.52. The Morgan fingerprint density at radius 2 is 1.29 bits per heavy atom. The number of hydrogen-bond donors (Lipinski definition) is 2. The highest BCUT2D eigenvalue weighted by atomic mass is 19.4. The van der Waals surface area contributed by atoms with Gasteiger partial charge in [-0.15, -0.1) is 0 Å². The summed E-state index contributed by atoms with van der Waals surface area (Å²) < 4.78 is 79.0. The molecule has 2 aromatic rings. The number of likely N-dealkylation sites (tertiary alicyclic amines) is 1. The zero-order valence-corrected chi connectivity index (χ0v) is 18.3. The topological polar surface area (TPSA) is 61.4 Å². The second kappa shape index (κ2) is 9.24. The standard InChI is InChI=1S/C23H25F6N3O2/c24-22(25,26)13-10-14(23(27,28)29)12-15(11-13)30-18-19(21(34)20(18)33)31-16-6-2-3-7-17(16)32-8-4-1-5-9-32/h10-12,16-17,30-31H,1-9H2/t16-,17+/m1/s1. The van der Waals surface area contributed by atoms with Crippen LogP contribution < -0.4 is 21.5 Å². The van der Waals surface area contributed by atoms with Gasteiger partial charge in [-0.3, -0.25) is 14.5 Å². The van der Waals surface area contributed by atoms with Gasteiger partial charge in [-0.1, -0.05) is 19.3 Å². The summed E-state index contributed by atoms with van der Waals surface area (Å²) in [4.78, 5) is 26.9. The highest BCUT2D eigenvalue weighted by Crippen LogP contribution is 2.38. The van der Waals surface area contributed by atoms with Crippen LogP contribution in [-0.4, -0.2) is 30.1 Å². The molecule has 0 aromatic heterocycles. The Balaban J connectivity index is 1.60. The average molecular weight is 489 g/mol. The van der Waals surface area contributed by atoms with Crippen LogP contribution in [0.15, 0.2) is 27.8 Å². The summed E-state index contributed by atoms with van der Waals surface area (Å²) in [5, 5.41) is 5.45. The molecule has 2 aromatic carbocycles. The van der Waals surface area contributed by atoms with Gasteiger partial charge in [-0.05, 0) is 57.0 Å². The van der Waals surface area contributed by atoms with Gasteiger partial charge in [0.05, 0.1) is 11.1 Å². The van der Waals surface area contributed by atoms with E-state index in [1.807, 2.05) is 0 Å². The summed E-state index contributed by atoms with van der Waals surface area (Å²) in [7, 11) is 0. The van der Waals surface area contributed by atoms with Crippen molar-refractivity contribution in [1.82, 2.24) is 4.90 Å². The molecule has 11 heteroatoms. The summed E-state index contributed by atoms with van der Waals surface area (Å²) >= 11 is 0. The number of nitrogens with zero attached hydrogens (tertiary/aromatic N) is 1. The number of rotatable bonds is 5. The number of nitrogens with one attached hydrogen (secondary N) is 2. The summed E-state index contributed by atoms with van der Waals surface area (Å²) in [5.41, 5.74) is -5.75. The summed E-state index contributed by atoms with van der Waals surface area (Å²) in [6.45, 7) is 1.87. The molecule has 0 radical (unpaired) electrons. The van der Waals surface area contributed by atoms with E-state index in [1.165, 1.54) is 0 Å². The number of hydrogen-bond acceptors (Lipinski definition) is 5. The van der Waals surface area contributed by atoms with Gasteiger partial charge in [0.1, 0.15) is 11.4 Å². The van der Waals surface area contributed by atoms with Crippen LogP contribution in [0.1, 0.15) is 56.1 Å². The zero-order chi connectivity index (χ0) is 24.7.